The quantitative estimate of drug-likeness (QED) is 0.649. The zero-order chi connectivity index (χ0) is 9.98. The van der Waals surface area contributed by atoms with Crippen molar-refractivity contribution in [2.24, 2.45) is 5.73 Å². The van der Waals surface area contributed by atoms with Gasteiger partial charge < -0.3 is 5.73 Å². The predicted molar refractivity (Wildman–Crippen MR) is 53.8 cm³/mol. The molecule has 1 amide bonds. The van der Waals surface area contributed by atoms with Crippen LogP contribution < -0.4 is 5.73 Å². The van der Waals surface area contributed by atoms with Crippen LogP contribution in [0.1, 0.15) is 47.0 Å². The molecule has 72 valence electrons. The van der Waals surface area contributed by atoms with Crippen LogP contribution in [-0.4, -0.2) is 5.91 Å². The second-order valence-corrected chi connectivity index (χ2v) is 2.25. The Labute approximate surface area is 75.8 Å². The summed E-state index contributed by atoms with van der Waals surface area (Å²) < 4.78 is 0. The molecule has 0 atom stereocenters. The normalized spacial score (nSPS) is 10.2. The first kappa shape index (κ1) is 13.8. The van der Waals surface area contributed by atoms with Gasteiger partial charge in [-0.25, -0.2) is 0 Å². The fourth-order valence-corrected chi connectivity index (χ4v) is 0.842. The molecule has 0 bridgehead atoms. The monoisotopic (exact) mass is 171 g/mol. The highest BCUT2D eigenvalue weighted by atomic mass is 16.1. The lowest BCUT2D eigenvalue weighted by molar-refractivity contribution is -0.114. The Kier molecular flexibility index (Phi) is 11.7. The zero-order valence-electron chi connectivity index (χ0n) is 8.68. The van der Waals surface area contributed by atoms with Gasteiger partial charge in [0.1, 0.15) is 0 Å². The maximum Gasteiger partial charge on any atom is 0.244 e. The van der Waals surface area contributed by atoms with Crippen LogP contribution >= 0.6 is 0 Å². The molecule has 0 aromatic heterocycles. The molecule has 0 aliphatic heterocycles. The number of rotatable bonds is 4. The molecule has 0 spiro atoms. The van der Waals surface area contributed by atoms with Crippen LogP contribution in [0.2, 0.25) is 0 Å². The Bertz CT molecular complexity index is 139. The van der Waals surface area contributed by atoms with Crippen LogP contribution in [0.5, 0.6) is 0 Å². The van der Waals surface area contributed by atoms with E-state index in [0.717, 1.165) is 24.8 Å². The highest BCUT2D eigenvalue weighted by molar-refractivity contribution is 5.91. The van der Waals surface area contributed by atoms with Crippen LogP contribution in [0.3, 0.4) is 0 Å². The third kappa shape index (κ3) is 7.32. The van der Waals surface area contributed by atoms with Gasteiger partial charge in [0.05, 0.1) is 0 Å². The molecule has 0 aromatic carbocycles. The minimum absolute atomic E-state index is 0.274. The number of amides is 1. The van der Waals surface area contributed by atoms with Crippen LogP contribution in [0.15, 0.2) is 11.6 Å². The van der Waals surface area contributed by atoms with E-state index in [1.54, 1.807) is 0 Å². The highest BCUT2D eigenvalue weighted by Crippen LogP contribution is 2.04. The second kappa shape index (κ2) is 10.2. The third-order valence-corrected chi connectivity index (χ3v) is 1.29. The standard InChI is InChI=1S/C8H15NO.C2H6/c1-3-5-7(6-4-2)8(9)10;1-2/h5H,3-4,6H2,1-2H3,(H2,9,10);1-2H3/b7-5+;. The van der Waals surface area contributed by atoms with E-state index in [9.17, 15) is 4.79 Å². The summed E-state index contributed by atoms with van der Waals surface area (Å²) in [7, 11) is 0. The minimum atomic E-state index is -0.274. The van der Waals surface area contributed by atoms with E-state index in [0.29, 0.717) is 0 Å². The summed E-state index contributed by atoms with van der Waals surface area (Å²) in [6, 6.07) is 0. The molecule has 0 aliphatic carbocycles. The molecule has 0 aromatic rings. The van der Waals surface area contributed by atoms with Gasteiger partial charge in [-0.05, 0) is 12.8 Å². The molecule has 0 fully saturated rings. The maximum absolute atomic E-state index is 10.6. The average molecular weight is 171 g/mol. The van der Waals surface area contributed by atoms with Gasteiger partial charge in [0.25, 0.3) is 0 Å². The van der Waals surface area contributed by atoms with E-state index in [1.165, 1.54) is 0 Å². The topological polar surface area (TPSA) is 43.1 Å². The molecule has 0 unspecified atom stereocenters. The molecule has 0 radical (unpaired) electrons. The summed E-state index contributed by atoms with van der Waals surface area (Å²) in [5.41, 5.74) is 5.87. The molecule has 0 aliphatic rings. The van der Waals surface area contributed by atoms with Crippen molar-refractivity contribution in [3.8, 4) is 0 Å². The Hall–Kier alpha value is -0.790. The molecule has 0 saturated carbocycles. The van der Waals surface area contributed by atoms with Gasteiger partial charge in [0.15, 0.2) is 0 Å². The van der Waals surface area contributed by atoms with Crippen LogP contribution in [-0.2, 0) is 4.79 Å². The Morgan fingerprint density at radius 1 is 1.33 bits per heavy atom. The summed E-state index contributed by atoms with van der Waals surface area (Å²) in [6.07, 6.45) is 4.57. The Morgan fingerprint density at radius 3 is 2.08 bits per heavy atom. The predicted octanol–water partition coefficient (Wildman–Crippen LogP) is 2.63. The zero-order valence-corrected chi connectivity index (χ0v) is 8.68. The SMILES string of the molecule is CC.CC/C=C(\CCC)C(N)=O. The van der Waals surface area contributed by atoms with Crippen molar-refractivity contribution in [1.82, 2.24) is 0 Å². The first-order chi connectivity index (χ1) is 5.72. The molecule has 2 nitrogen and oxygen atoms in total. The molecule has 2 heteroatoms. The lowest BCUT2D eigenvalue weighted by Gasteiger charge is -1.98. The van der Waals surface area contributed by atoms with Gasteiger partial charge in [-0.2, -0.15) is 0 Å². The van der Waals surface area contributed by atoms with Gasteiger partial charge in [0, 0.05) is 5.57 Å². The van der Waals surface area contributed by atoms with E-state index >= 15 is 0 Å². The fourth-order valence-electron chi connectivity index (χ4n) is 0.842. The number of carbonyl (C=O) groups excluding carboxylic acids is 1. The van der Waals surface area contributed by atoms with E-state index in [2.05, 4.69) is 0 Å². The van der Waals surface area contributed by atoms with E-state index in [4.69, 9.17) is 5.73 Å². The third-order valence-electron chi connectivity index (χ3n) is 1.29. The van der Waals surface area contributed by atoms with E-state index in [1.807, 2.05) is 33.8 Å². The summed E-state index contributed by atoms with van der Waals surface area (Å²) >= 11 is 0. The average Bonchev–Trinajstić information content (AvgIpc) is 2.08. The first-order valence-corrected chi connectivity index (χ1v) is 4.71. The first-order valence-electron chi connectivity index (χ1n) is 4.71. The number of carbonyl (C=O) groups is 1. The lowest BCUT2D eigenvalue weighted by atomic mass is 10.1. The van der Waals surface area contributed by atoms with Gasteiger partial charge in [-0.15, -0.1) is 0 Å². The smallest absolute Gasteiger partial charge is 0.244 e. The molecule has 0 rings (SSSR count). The summed E-state index contributed by atoms with van der Waals surface area (Å²) in [5, 5.41) is 0. The maximum atomic E-state index is 10.6. The minimum Gasteiger partial charge on any atom is -0.366 e. The summed E-state index contributed by atoms with van der Waals surface area (Å²) in [4.78, 5) is 10.6. The largest absolute Gasteiger partial charge is 0.366 e. The molecular formula is C10H21NO. The number of allylic oxidation sites excluding steroid dienone is 1. The number of hydrogen-bond acceptors (Lipinski definition) is 1. The Morgan fingerprint density at radius 2 is 1.83 bits per heavy atom. The Balaban J connectivity index is 0. The molecule has 12 heavy (non-hydrogen) atoms. The lowest BCUT2D eigenvalue weighted by Crippen LogP contribution is -2.13. The van der Waals surface area contributed by atoms with Crippen molar-refractivity contribution >= 4 is 5.91 Å². The van der Waals surface area contributed by atoms with Crippen LogP contribution in [0, 0.1) is 0 Å². The number of primary amides is 1. The molecular weight excluding hydrogens is 150 g/mol. The van der Waals surface area contributed by atoms with Crippen LogP contribution in [0.25, 0.3) is 0 Å². The number of nitrogens with two attached hydrogens (primary N) is 1. The second-order valence-electron chi connectivity index (χ2n) is 2.25. The van der Waals surface area contributed by atoms with E-state index in [-0.39, 0.29) is 5.91 Å². The molecule has 0 saturated heterocycles. The molecule has 2 N–H and O–H groups in total. The van der Waals surface area contributed by atoms with Gasteiger partial charge in [0.2, 0.25) is 5.91 Å². The van der Waals surface area contributed by atoms with Gasteiger partial charge >= 0.3 is 0 Å². The summed E-state index contributed by atoms with van der Waals surface area (Å²) in [6.45, 7) is 8.03. The summed E-state index contributed by atoms with van der Waals surface area (Å²) in [5.74, 6) is -0.274. The van der Waals surface area contributed by atoms with Crippen molar-refractivity contribution in [1.29, 1.82) is 0 Å². The fraction of sp³-hybridized carbons (Fsp3) is 0.700. The van der Waals surface area contributed by atoms with E-state index < -0.39 is 0 Å². The highest BCUT2D eigenvalue weighted by Gasteiger charge is 2.00. The van der Waals surface area contributed by atoms with Crippen molar-refractivity contribution < 1.29 is 4.79 Å². The van der Waals surface area contributed by atoms with Gasteiger partial charge in [-0.3, -0.25) is 4.79 Å². The van der Waals surface area contributed by atoms with Crippen LogP contribution in [0.4, 0.5) is 0 Å². The van der Waals surface area contributed by atoms with Crippen molar-refractivity contribution in [3.63, 3.8) is 0 Å². The van der Waals surface area contributed by atoms with Crippen molar-refractivity contribution in [2.75, 3.05) is 0 Å². The van der Waals surface area contributed by atoms with Crippen molar-refractivity contribution in [3.05, 3.63) is 11.6 Å². The number of hydrogen-bond donors (Lipinski definition) is 1. The van der Waals surface area contributed by atoms with Crippen molar-refractivity contribution in [2.45, 2.75) is 47.0 Å². The molecule has 0 heterocycles. The van der Waals surface area contributed by atoms with Gasteiger partial charge in [-0.1, -0.05) is 40.2 Å².